The summed E-state index contributed by atoms with van der Waals surface area (Å²) in [6.07, 6.45) is 0. The molecule has 62 heavy (non-hydrogen) atoms. The highest BCUT2D eigenvalue weighted by atomic mass is 15.0. The van der Waals surface area contributed by atoms with E-state index in [2.05, 4.69) is 228 Å². The fourth-order valence-electron chi connectivity index (χ4n) is 9.88. The Morgan fingerprint density at radius 2 is 0.839 bits per heavy atom. The van der Waals surface area contributed by atoms with Crippen molar-refractivity contribution in [2.24, 2.45) is 0 Å². The largest absolute Gasteiger partial charge is 0.309 e. The summed E-state index contributed by atoms with van der Waals surface area (Å²) < 4.78 is 4.87. The summed E-state index contributed by atoms with van der Waals surface area (Å²) in [6.45, 7) is 0. The Bertz CT molecular complexity index is 3820. The molecule has 0 saturated heterocycles. The fraction of sp³-hybridized carbons (Fsp3) is 0. The van der Waals surface area contributed by atoms with E-state index in [0.29, 0.717) is 5.82 Å². The second-order valence-corrected chi connectivity index (χ2v) is 16.2. The van der Waals surface area contributed by atoms with Crippen LogP contribution in [0.3, 0.4) is 0 Å². The van der Waals surface area contributed by atoms with Crippen molar-refractivity contribution in [1.82, 2.24) is 19.1 Å². The first-order valence-electron chi connectivity index (χ1n) is 21.2. The second-order valence-electron chi connectivity index (χ2n) is 16.2. The molecule has 13 rings (SSSR count). The van der Waals surface area contributed by atoms with Gasteiger partial charge in [0.15, 0.2) is 5.82 Å². The third-order valence-electron chi connectivity index (χ3n) is 12.7. The number of rotatable bonds is 5. The van der Waals surface area contributed by atoms with Crippen molar-refractivity contribution < 1.29 is 0 Å². The minimum atomic E-state index is 0.688. The van der Waals surface area contributed by atoms with Crippen LogP contribution in [0.5, 0.6) is 0 Å². The topological polar surface area (TPSA) is 35.6 Å². The maximum Gasteiger partial charge on any atom is 0.160 e. The Labute approximate surface area is 357 Å². The van der Waals surface area contributed by atoms with E-state index < -0.39 is 0 Å². The molecule has 0 spiro atoms. The van der Waals surface area contributed by atoms with Crippen molar-refractivity contribution in [2.75, 3.05) is 0 Å². The molecule has 0 aliphatic heterocycles. The molecule has 0 N–H and O–H groups in total. The van der Waals surface area contributed by atoms with Crippen molar-refractivity contribution in [3.63, 3.8) is 0 Å². The van der Waals surface area contributed by atoms with Gasteiger partial charge >= 0.3 is 0 Å². The Morgan fingerprint density at radius 3 is 1.52 bits per heavy atom. The number of nitrogens with zero attached hydrogens (tertiary/aromatic N) is 4. The lowest BCUT2D eigenvalue weighted by Crippen LogP contribution is -1.98. The van der Waals surface area contributed by atoms with Crippen LogP contribution in [0.1, 0.15) is 0 Å². The van der Waals surface area contributed by atoms with Gasteiger partial charge in [0.2, 0.25) is 0 Å². The summed E-state index contributed by atoms with van der Waals surface area (Å²) in [6, 6.07) is 78.5. The van der Waals surface area contributed by atoms with Gasteiger partial charge in [-0.2, -0.15) is 0 Å². The number of hydrogen-bond donors (Lipinski definition) is 0. The number of fused-ring (bicyclic) bond motifs is 10. The third-order valence-corrected chi connectivity index (χ3v) is 12.7. The number of aromatic nitrogens is 4. The second kappa shape index (κ2) is 13.6. The van der Waals surface area contributed by atoms with E-state index in [1.165, 1.54) is 70.4 Å². The van der Waals surface area contributed by atoms with Gasteiger partial charge in [-0.25, -0.2) is 9.97 Å². The van der Waals surface area contributed by atoms with Crippen LogP contribution in [0, 0.1) is 0 Å². The maximum absolute atomic E-state index is 5.33. The predicted molar refractivity (Wildman–Crippen MR) is 260 cm³/mol. The van der Waals surface area contributed by atoms with Crippen molar-refractivity contribution >= 4 is 75.9 Å². The maximum atomic E-state index is 5.33. The van der Waals surface area contributed by atoms with Gasteiger partial charge < -0.3 is 9.13 Å². The normalized spacial score (nSPS) is 11.9. The van der Waals surface area contributed by atoms with Crippen molar-refractivity contribution in [1.29, 1.82) is 0 Å². The van der Waals surface area contributed by atoms with Crippen LogP contribution in [0.15, 0.2) is 218 Å². The van der Waals surface area contributed by atoms with E-state index in [0.717, 1.165) is 45.0 Å². The highest BCUT2D eigenvalue weighted by molar-refractivity contribution is 6.26. The molecule has 0 radical (unpaired) electrons. The molecule has 3 aromatic heterocycles. The van der Waals surface area contributed by atoms with Crippen LogP contribution < -0.4 is 0 Å². The van der Waals surface area contributed by atoms with Crippen LogP contribution in [0.2, 0.25) is 0 Å². The molecular formula is C58H36N4. The van der Waals surface area contributed by atoms with E-state index in [4.69, 9.17) is 9.97 Å². The molecule has 10 aromatic carbocycles. The standard InChI is InChI=1S/C58H36N4/c1-2-16-41-35-43(32-27-37(41)13-1)61-54-26-10-8-22-50(54)56-55(61)34-33-49-48-21-7-9-25-53(48)62(57(49)56)42-30-28-40(29-31-42)58-59-51(46-23-11-17-38-14-3-5-19-44(38)46)36-52(60-58)47-24-12-18-39-15-4-6-20-45(39)47/h1-36H. The van der Waals surface area contributed by atoms with E-state index in [1.54, 1.807) is 0 Å². The van der Waals surface area contributed by atoms with Gasteiger partial charge in [0.05, 0.1) is 33.5 Å². The Balaban J connectivity index is 1.02. The first-order chi connectivity index (χ1) is 30.7. The van der Waals surface area contributed by atoms with E-state index in [-0.39, 0.29) is 0 Å². The molecule has 0 bridgehead atoms. The van der Waals surface area contributed by atoms with Crippen LogP contribution in [-0.4, -0.2) is 19.1 Å². The van der Waals surface area contributed by atoms with Crippen molar-refractivity contribution in [3.8, 4) is 45.3 Å². The summed E-state index contributed by atoms with van der Waals surface area (Å²) in [5.41, 5.74) is 11.9. The minimum Gasteiger partial charge on any atom is -0.309 e. The predicted octanol–water partition coefficient (Wildman–Crippen LogP) is 15.1. The average Bonchev–Trinajstić information content (AvgIpc) is 3.86. The molecule has 4 nitrogen and oxygen atoms in total. The Kier molecular flexibility index (Phi) is 7.57. The third kappa shape index (κ3) is 5.27. The molecule has 0 aliphatic carbocycles. The summed E-state index contributed by atoms with van der Waals surface area (Å²) in [7, 11) is 0. The molecule has 0 fully saturated rings. The van der Waals surface area contributed by atoms with E-state index in [9.17, 15) is 0 Å². The zero-order valence-corrected chi connectivity index (χ0v) is 33.6. The molecule has 3 heterocycles. The lowest BCUT2D eigenvalue weighted by molar-refractivity contribution is 1.17. The van der Waals surface area contributed by atoms with E-state index >= 15 is 0 Å². The molecule has 0 amide bonds. The highest BCUT2D eigenvalue weighted by Crippen LogP contribution is 2.43. The van der Waals surface area contributed by atoms with Gasteiger partial charge in [0, 0.05) is 49.6 Å². The van der Waals surface area contributed by atoms with Gasteiger partial charge in [-0.3, -0.25) is 0 Å². The zero-order chi connectivity index (χ0) is 40.7. The molecule has 0 saturated carbocycles. The van der Waals surface area contributed by atoms with Crippen LogP contribution in [0.25, 0.3) is 121 Å². The first kappa shape index (κ1) is 34.5. The van der Waals surface area contributed by atoms with Gasteiger partial charge in [0.1, 0.15) is 0 Å². The van der Waals surface area contributed by atoms with Gasteiger partial charge in [-0.05, 0) is 93.0 Å². The fourth-order valence-corrected chi connectivity index (χ4v) is 9.88. The van der Waals surface area contributed by atoms with Crippen LogP contribution in [0.4, 0.5) is 0 Å². The number of para-hydroxylation sites is 2. The number of hydrogen-bond acceptors (Lipinski definition) is 2. The molecule has 0 unspecified atom stereocenters. The quantitative estimate of drug-likeness (QED) is 0.174. The summed E-state index contributed by atoms with van der Waals surface area (Å²) in [4.78, 5) is 10.7. The lowest BCUT2D eigenvalue weighted by atomic mass is 9.98. The summed E-state index contributed by atoms with van der Waals surface area (Å²) >= 11 is 0. The molecule has 0 atom stereocenters. The summed E-state index contributed by atoms with van der Waals surface area (Å²) in [5, 5.41) is 12.1. The van der Waals surface area contributed by atoms with E-state index in [1.807, 2.05) is 0 Å². The number of benzene rings is 10. The smallest absolute Gasteiger partial charge is 0.160 e. The Hall–Kier alpha value is -8.34. The van der Waals surface area contributed by atoms with Gasteiger partial charge in [0.25, 0.3) is 0 Å². The van der Waals surface area contributed by atoms with Crippen molar-refractivity contribution in [2.45, 2.75) is 0 Å². The van der Waals surface area contributed by atoms with Crippen molar-refractivity contribution in [3.05, 3.63) is 218 Å². The SMILES string of the molecule is c1ccc2cc(-n3c4ccccc4c4c3ccc3c5ccccc5n(-c5ccc(-c6nc(-c7cccc8ccccc78)cc(-c7cccc8ccccc78)n6)cc5)c34)ccc2c1. The monoisotopic (exact) mass is 788 g/mol. The highest BCUT2D eigenvalue weighted by Gasteiger charge is 2.21. The molecular weight excluding hydrogens is 753 g/mol. The van der Waals surface area contributed by atoms with Crippen LogP contribution in [-0.2, 0) is 0 Å². The molecule has 288 valence electrons. The van der Waals surface area contributed by atoms with Gasteiger partial charge in [-0.1, -0.05) is 158 Å². The lowest BCUT2D eigenvalue weighted by Gasteiger charge is -2.13. The first-order valence-corrected chi connectivity index (χ1v) is 21.2. The summed E-state index contributed by atoms with van der Waals surface area (Å²) in [5.74, 6) is 0.688. The average molecular weight is 789 g/mol. The molecule has 0 aliphatic rings. The molecule has 13 aromatic rings. The minimum absolute atomic E-state index is 0.688. The van der Waals surface area contributed by atoms with Crippen LogP contribution >= 0.6 is 0 Å². The Morgan fingerprint density at radius 1 is 0.306 bits per heavy atom. The molecule has 4 heteroatoms. The zero-order valence-electron chi connectivity index (χ0n) is 33.6. The van der Waals surface area contributed by atoms with Gasteiger partial charge in [-0.15, -0.1) is 0 Å².